The molecule has 0 aliphatic heterocycles. The molecular weight excluding hydrogens is 364 g/mol. The van der Waals surface area contributed by atoms with E-state index in [0.29, 0.717) is 17.2 Å². The standard InChI is InChI=1S/C24H22N2O3/c1-27-21-14-19(15-22(28-2)24(21)29-3)25-23-10-6-9-20(26-23)18-12-11-16-7-4-5-8-17(16)13-18/h4-15H,1-3H3,(H,25,26). The van der Waals surface area contributed by atoms with Crippen molar-refractivity contribution in [3.63, 3.8) is 0 Å². The molecule has 0 atom stereocenters. The lowest BCUT2D eigenvalue weighted by Gasteiger charge is -2.15. The molecule has 0 saturated heterocycles. The van der Waals surface area contributed by atoms with Crippen LogP contribution in [0.1, 0.15) is 0 Å². The predicted molar refractivity (Wildman–Crippen MR) is 117 cm³/mol. The zero-order chi connectivity index (χ0) is 20.2. The number of rotatable bonds is 6. The first kappa shape index (κ1) is 18.6. The van der Waals surface area contributed by atoms with Crippen molar-refractivity contribution < 1.29 is 14.2 Å². The van der Waals surface area contributed by atoms with Crippen molar-refractivity contribution in [1.29, 1.82) is 0 Å². The van der Waals surface area contributed by atoms with Crippen LogP contribution in [0.15, 0.2) is 72.8 Å². The molecule has 0 aliphatic carbocycles. The Labute approximate surface area is 169 Å². The molecule has 0 radical (unpaired) electrons. The van der Waals surface area contributed by atoms with Crippen LogP contribution in [-0.4, -0.2) is 26.3 Å². The van der Waals surface area contributed by atoms with E-state index in [9.17, 15) is 0 Å². The molecule has 0 unspecified atom stereocenters. The molecule has 5 nitrogen and oxygen atoms in total. The average Bonchev–Trinajstić information content (AvgIpc) is 2.78. The molecule has 4 aromatic rings. The number of hydrogen-bond donors (Lipinski definition) is 1. The van der Waals surface area contributed by atoms with Gasteiger partial charge in [0.1, 0.15) is 5.82 Å². The van der Waals surface area contributed by atoms with Gasteiger partial charge >= 0.3 is 0 Å². The van der Waals surface area contributed by atoms with Crippen molar-refractivity contribution in [1.82, 2.24) is 4.98 Å². The topological polar surface area (TPSA) is 52.6 Å². The number of fused-ring (bicyclic) bond motifs is 1. The first-order chi connectivity index (χ1) is 14.2. The minimum Gasteiger partial charge on any atom is -0.493 e. The van der Waals surface area contributed by atoms with Crippen LogP contribution >= 0.6 is 0 Å². The van der Waals surface area contributed by atoms with Crippen LogP contribution in [0.5, 0.6) is 17.2 Å². The normalized spacial score (nSPS) is 10.6. The molecule has 0 amide bonds. The molecule has 3 aromatic carbocycles. The van der Waals surface area contributed by atoms with E-state index in [0.717, 1.165) is 22.8 Å². The Morgan fingerprint density at radius 1 is 0.690 bits per heavy atom. The van der Waals surface area contributed by atoms with Gasteiger partial charge in [0, 0.05) is 23.4 Å². The molecule has 0 fully saturated rings. The molecule has 0 bridgehead atoms. The fourth-order valence-electron chi connectivity index (χ4n) is 3.31. The summed E-state index contributed by atoms with van der Waals surface area (Å²) < 4.78 is 16.2. The van der Waals surface area contributed by atoms with Gasteiger partial charge in [-0.1, -0.05) is 42.5 Å². The zero-order valence-corrected chi connectivity index (χ0v) is 16.6. The van der Waals surface area contributed by atoms with Crippen LogP contribution in [0.2, 0.25) is 0 Å². The van der Waals surface area contributed by atoms with Crippen LogP contribution in [0, 0.1) is 0 Å². The maximum absolute atomic E-state index is 5.43. The SMILES string of the molecule is COc1cc(Nc2cccc(-c3ccc4ccccc4c3)n2)cc(OC)c1OC. The molecule has 4 rings (SSSR count). The fraction of sp³-hybridized carbons (Fsp3) is 0.125. The summed E-state index contributed by atoms with van der Waals surface area (Å²) in [4.78, 5) is 4.77. The van der Waals surface area contributed by atoms with E-state index in [-0.39, 0.29) is 0 Å². The monoisotopic (exact) mass is 386 g/mol. The Morgan fingerprint density at radius 2 is 1.41 bits per heavy atom. The second-order valence-electron chi connectivity index (χ2n) is 6.51. The van der Waals surface area contributed by atoms with Gasteiger partial charge in [-0.25, -0.2) is 4.98 Å². The summed E-state index contributed by atoms with van der Waals surface area (Å²) in [5, 5.41) is 5.73. The third-order valence-electron chi connectivity index (χ3n) is 4.73. The number of pyridine rings is 1. The van der Waals surface area contributed by atoms with Gasteiger partial charge in [0.25, 0.3) is 0 Å². The van der Waals surface area contributed by atoms with Crippen molar-refractivity contribution in [2.45, 2.75) is 0 Å². The minimum absolute atomic E-state index is 0.554. The number of anilines is 2. The summed E-state index contributed by atoms with van der Waals surface area (Å²) in [5.74, 6) is 2.45. The number of ether oxygens (including phenoxy) is 3. The summed E-state index contributed by atoms with van der Waals surface area (Å²) >= 11 is 0. The van der Waals surface area contributed by atoms with Crippen LogP contribution in [0.25, 0.3) is 22.0 Å². The van der Waals surface area contributed by atoms with E-state index in [1.165, 1.54) is 10.8 Å². The van der Waals surface area contributed by atoms with Gasteiger partial charge in [-0.3, -0.25) is 0 Å². The van der Waals surface area contributed by atoms with Crippen LogP contribution in [0.3, 0.4) is 0 Å². The summed E-state index contributed by atoms with van der Waals surface area (Å²) in [7, 11) is 4.78. The Kier molecular flexibility index (Phi) is 5.20. The van der Waals surface area contributed by atoms with Crippen molar-refractivity contribution in [2.75, 3.05) is 26.6 Å². The maximum Gasteiger partial charge on any atom is 0.203 e. The predicted octanol–water partition coefficient (Wildman–Crippen LogP) is 5.67. The number of nitrogens with one attached hydrogen (secondary N) is 1. The molecule has 1 heterocycles. The van der Waals surface area contributed by atoms with Crippen molar-refractivity contribution in [3.8, 4) is 28.5 Å². The van der Waals surface area contributed by atoms with Crippen LogP contribution in [-0.2, 0) is 0 Å². The molecule has 1 N–H and O–H groups in total. The Hall–Kier alpha value is -3.73. The molecule has 0 spiro atoms. The highest BCUT2D eigenvalue weighted by Gasteiger charge is 2.13. The number of methoxy groups -OCH3 is 3. The summed E-state index contributed by atoms with van der Waals surface area (Å²) in [5.41, 5.74) is 2.76. The number of nitrogens with zero attached hydrogens (tertiary/aromatic N) is 1. The summed E-state index contributed by atoms with van der Waals surface area (Å²) in [6.07, 6.45) is 0. The van der Waals surface area contributed by atoms with Gasteiger partial charge in [-0.2, -0.15) is 0 Å². The molecule has 29 heavy (non-hydrogen) atoms. The van der Waals surface area contributed by atoms with Gasteiger partial charge in [0.15, 0.2) is 11.5 Å². The van der Waals surface area contributed by atoms with Gasteiger partial charge in [0.05, 0.1) is 27.0 Å². The highest BCUT2D eigenvalue weighted by molar-refractivity contribution is 5.87. The molecular formula is C24H22N2O3. The third kappa shape index (κ3) is 3.80. The lowest BCUT2D eigenvalue weighted by Crippen LogP contribution is -1.99. The first-order valence-corrected chi connectivity index (χ1v) is 9.25. The molecule has 146 valence electrons. The van der Waals surface area contributed by atoms with E-state index in [1.807, 2.05) is 42.5 Å². The number of hydrogen-bond acceptors (Lipinski definition) is 5. The van der Waals surface area contributed by atoms with Crippen molar-refractivity contribution >= 4 is 22.3 Å². The fourth-order valence-corrected chi connectivity index (χ4v) is 3.31. The summed E-state index contributed by atoms with van der Waals surface area (Å²) in [6, 6.07) is 24.3. The number of aromatic nitrogens is 1. The van der Waals surface area contributed by atoms with E-state index in [1.54, 1.807) is 21.3 Å². The van der Waals surface area contributed by atoms with Crippen molar-refractivity contribution in [2.24, 2.45) is 0 Å². The van der Waals surface area contributed by atoms with Gasteiger partial charge in [-0.05, 0) is 29.0 Å². The van der Waals surface area contributed by atoms with Gasteiger partial charge < -0.3 is 19.5 Å². The molecule has 0 saturated carbocycles. The largest absolute Gasteiger partial charge is 0.493 e. The average molecular weight is 386 g/mol. The Bertz CT molecular complexity index is 1130. The lowest BCUT2D eigenvalue weighted by molar-refractivity contribution is 0.324. The second kappa shape index (κ2) is 8.10. The minimum atomic E-state index is 0.554. The quantitative estimate of drug-likeness (QED) is 0.463. The van der Waals surface area contributed by atoms with E-state index < -0.39 is 0 Å². The van der Waals surface area contributed by atoms with E-state index in [2.05, 4.69) is 35.6 Å². The van der Waals surface area contributed by atoms with E-state index >= 15 is 0 Å². The van der Waals surface area contributed by atoms with E-state index in [4.69, 9.17) is 19.2 Å². The van der Waals surface area contributed by atoms with Crippen LogP contribution < -0.4 is 19.5 Å². The Balaban J connectivity index is 1.67. The Morgan fingerprint density at radius 3 is 2.10 bits per heavy atom. The highest BCUT2D eigenvalue weighted by atomic mass is 16.5. The molecule has 5 heteroatoms. The second-order valence-corrected chi connectivity index (χ2v) is 6.51. The smallest absolute Gasteiger partial charge is 0.203 e. The lowest BCUT2D eigenvalue weighted by atomic mass is 10.0. The molecule has 1 aromatic heterocycles. The summed E-state index contributed by atoms with van der Waals surface area (Å²) in [6.45, 7) is 0. The molecule has 0 aliphatic rings. The van der Waals surface area contributed by atoms with Crippen molar-refractivity contribution in [3.05, 3.63) is 72.8 Å². The maximum atomic E-state index is 5.43. The first-order valence-electron chi connectivity index (χ1n) is 9.25. The van der Waals surface area contributed by atoms with Gasteiger partial charge in [-0.15, -0.1) is 0 Å². The zero-order valence-electron chi connectivity index (χ0n) is 16.6. The third-order valence-corrected chi connectivity index (χ3v) is 4.73. The van der Waals surface area contributed by atoms with Crippen LogP contribution in [0.4, 0.5) is 11.5 Å². The highest BCUT2D eigenvalue weighted by Crippen LogP contribution is 2.40. The van der Waals surface area contributed by atoms with Gasteiger partial charge in [0.2, 0.25) is 5.75 Å². The number of benzene rings is 3.